The number of amides is 2. The summed E-state index contributed by atoms with van der Waals surface area (Å²) in [6, 6.07) is 19.4. The molecule has 0 unspecified atom stereocenters. The lowest BCUT2D eigenvalue weighted by Crippen LogP contribution is -2.42. The Balaban J connectivity index is 1.28. The molecule has 7 nitrogen and oxygen atoms in total. The van der Waals surface area contributed by atoms with Crippen molar-refractivity contribution in [3.8, 4) is 0 Å². The van der Waals surface area contributed by atoms with Gasteiger partial charge in [-0.1, -0.05) is 36.4 Å². The Hall–Kier alpha value is -3.17. The van der Waals surface area contributed by atoms with E-state index in [1.807, 2.05) is 30.3 Å². The van der Waals surface area contributed by atoms with Crippen LogP contribution in [0.25, 0.3) is 0 Å². The van der Waals surface area contributed by atoms with Crippen molar-refractivity contribution in [3.05, 3.63) is 83.2 Å². The van der Waals surface area contributed by atoms with E-state index in [-0.39, 0.29) is 21.9 Å². The van der Waals surface area contributed by atoms with Crippen LogP contribution in [-0.4, -0.2) is 38.2 Å². The quantitative estimate of drug-likeness (QED) is 0.535. The predicted molar refractivity (Wildman–Crippen MR) is 128 cm³/mol. The molecule has 2 N–H and O–H groups in total. The third-order valence-electron chi connectivity index (χ3n) is 5.61. The van der Waals surface area contributed by atoms with Gasteiger partial charge in [0.05, 0.1) is 0 Å². The SMILES string of the molecule is O=C(NCc1ccccc1)C1CCN(C(=O)c2ccc(NS(=O)(=O)c3cccs3)cc2)CC1. The lowest BCUT2D eigenvalue weighted by atomic mass is 9.95. The Morgan fingerprint density at radius 3 is 2.27 bits per heavy atom. The highest BCUT2D eigenvalue weighted by Gasteiger charge is 2.27. The summed E-state index contributed by atoms with van der Waals surface area (Å²) in [5, 5.41) is 4.68. The normalized spacial score (nSPS) is 14.6. The highest BCUT2D eigenvalue weighted by atomic mass is 32.2. The summed E-state index contributed by atoms with van der Waals surface area (Å²) in [7, 11) is -3.63. The van der Waals surface area contributed by atoms with Gasteiger partial charge in [-0.15, -0.1) is 11.3 Å². The van der Waals surface area contributed by atoms with Crippen LogP contribution in [-0.2, 0) is 21.4 Å². The summed E-state index contributed by atoms with van der Waals surface area (Å²) in [5.41, 5.74) is 1.94. The van der Waals surface area contributed by atoms with E-state index in [1.165, 1.54) is 6.07 Å². The van der Waals surface area contributed by atoms with Crippen LogP contribution < -0.4 is 10.0 Å². The Morgan fingerprint density at radius 1 is 0.939 bits per heavy atom. The second-order valence-electron chi connectivity index (χ2n) is 7.88. The fourth-order valence-electron chi connectivity index (χ4n) is 3.76. The van der Waals surface area contributed by atoms with Gasteiger partial charge in [0.25, 0.3) is 15.9 Å². The second kappa shape index (κ2) is 10.2. The predicted octanol–water partition coefficient (Wildman–Crippen LogP) is 3.72. The fraction of sp³-hybridized carbons (Fsp3) is 0.250. The smallest absolute Gasteiger partial charge is 0.271 e. The first-order valence-electron chi connectivity index (χ1n) is 10.7. The maximum absolute atomic E-state index is 12.9. The first-order valence-corrected chi connectivity index (χ1v) is 13.1. The molecular weight excluding hydrogens is 458 g/mol. The van der Waals surface area contributed by atoms with Crippen LogP contribution in [0, 0.1) is 5.92 Å². The van der Waals surface area contributed by atoms with Crippen molar-refractivity contribution < 1.29 is 18.0 Å². The van der Waals surface area contributed by atoms with E-state index in [2.05, 4.69) is 10.0 Å². The number of carbonyl (C=O) groups excluding carboxylic acids is 2. The molecule has 2 aromatic carbocycles. The Bertz CT molecular complexity index is 1190. The summed E-state index contributed by atoms with van der Waals surface area (Å²) >= 11 is 1.14. The molecule has 33 heavy (non-hydrogen) atoms. The van der Waals surface area contributed by atoms with Crippen LogP contribution in [0.5, 0.6) is 0 Å². The molecule has 0 radical (unpaired) electrons. The molecule has 1 aliphatic heterocycles. The van der Waals surface area contributed by atoms with Crippen molar-refractivity contribution in [3.63, 3.8) is 0 Å². The van der Waals surface area contributed by atoms with Gasteiger partial charge in [-0.25, -0.2) is 8.42 Å². The summed E-state index contributed by atoms with van der Waals surface area (Å²) in [5.74, 6) is -0.203. The third kappa shape index (κ3) is 5.80. The summed E-state index contributed by atoms with van der Waals surface area (Å²) < 4.78 is 27.4. The number of sulfonamides is 1. The van der Waals surface area contributed by atoms with Crippen LogP contribution in [0.3, 0.4) is 0 Å². The minimum Gasteiger partial charge on any atom is -0.352 e. The van der Waals surface area contributed by atoms with Crippen molar-refractivity contribution in [1.29, 1.82) is 0 Å². The van der Waals surface area contributed by atoms with Crippen LogP contribution in [0.2, 0.25) is 0 Å². The van der Waals surface area contributed by atoms with Crippen LogP contribution in [0.4, 0.5) is 5.69 Å². The highest BCUT2D eigenvalue weighted by molar-refractivity contribution is 7.94. The number of hydrogen-bond donors (Lipinski definition) is 2. The van der Waals surface area contributed by atoms with Gasteiger partial charge in [0.1, 0.15) is 4.21 Å². The minimum absolute atomic E-state index is 0.0216. The van der Waals surface area contributed by atoms with E-state index < -0.39 is 10.0 Å². The van der Waals surface area contributed by atoms with Gasteiger partial charge in [0.15, 0.2) is 0 Å². The molecule has 3 aromatic rings. The monoisotopic (exact) mass is 483 g/mol. The van der Waals surface area contributed by atoms with E-state index in [9.17, 15) is 18.0 Å². The molecule has 1 aliphatic rings. The topological polar surface area (TPSA) is 95.6 Å². The van der Waals surface area contributed by atoms with E-state index in [0.29, 0.717) is 43.7 Å². The van der Waals surface area contributed by atoms with Gasteiger partial charge < -0.3 is 10.2 Å². The highest BCUT2D eigenvalue weighted by Crippen LogP contribution is 2.22. The summed E-state index contributed by atoms with van der Waals surface area (Å²) in [6.07, 6.45) is 1.23. The number of likely N-dealkylation sites (tertiary alicyclic amines) is 1. The Morgan fingerprint density at radius 2 is 1.64 bits per heavy atom. The van der Waals surface area contributed by atoms with E-state index in [0.717, 1.165) is 16.9 Å². The minimum atomic E-state index is -3.63. The van der Waals surface area contributed by atoms with Gasteiger partial charge in [-0.05, 0) is 54.1 Å². The van der Waals surface area contributed by atoms with Gasteiger partial charge in [0, 0.05) is 36.8 Å². The van der Waals surface area contributed by atoms with Gasteiger partial charge in [-0.3, -0.25) is 14.3 Å². The molecule has 0 aliphatic carbocycles. The molecule has 0 bridgehead atoms. The molecular formula is C24H25N3O4S2. The first-order chi connectivity index (χ1) is 15.9. The number of piperidine rings is 1. The standard InChI is InChI=1S/C24H25N3O4S2/c28-23(25-17-18-5-2-1-3-6-18)19-12-14-27(15-13-19)24(29)20-8-10-21(11-9-20)26-33(30,31)22-7-4-16-32-22/h1-11,16,19,26H,12-15,17H2,(H,25,28). The van der Waals surface area contributed by atoms with Gasteiger partial charge in [0.2, 0.25) is 5.91 Å². The van der Waals surface area contributed by atoms with Crippen molar-refractivity contribution in [1.82, 2.24) is 10.2 Å². The number of nitrogens with one attached hydrogen (secondary N) is 2. The number of thiophene rings is 1. The number of anilines is 1. The van der Waals surface area contributed by atoms with Crippen LogP contribution in [0.1, 0.15) is 28.8 Å². The summed E-state index contributed by atoms with van der Waals surface area (Å²) in [4.78, 5) is 27.1. The zero-order chi connectivity index (χ0) is 23.3. The molecule has 0 saturated carbocycles. The van der Waals surface area contributed by atoms with Gasteiger partial charge >= 0.3 is 0 Å². The van der Waals surface area contributed by atoms with Crippen LogP contribution >= 0.6 is 11.3 Å². The molecule has 4 rings (SSSR count). The van der Waals surface area contributed by atoms with Crippen molar-refractivity contribution in [2.75, 3.05) is 17.8 Å². The van der Waals surface area contributed by atoms with Crippen molar-refractivity contribution in [2.45, 2.75) is 23.6 Å². The molecule has 0 spiro atoms. The summed E-state index contributed by atoms with van der Waals surface area (Å²) in [6.45, 7) is 1.52. The number of rotatable bonds is 7. The molecule has 9 heteroatoms. The van der Waals surface area contributed by atoms with E-state index in [1.54, 1.807) is 40.6 Å². The molecule has 2 heterocycles. The fourth-order valence-corrected chi connectivity index (χ4v) is 5.81. The van der Waals surface area contributed by atoms with Crippen molar-refractivity contribution >= 4 is 38.9 Å². The second-order valence-corrected chi connectivity index (χ2v) is 10.7. The molecule has 1 aromatic heterocycles. The molecule has 1 saturated heterocycles. The number of carbonyl (C=O) groups is 2. The zero-order valence-corrected chi connectivity index (χ0v) is 19.6. The maximum Gasteiger partial charge on any atom is 0.271 e. The first kappa shape index (κ1) is 23.0. The lowest BCUT2D eigenvalue weighted by molar-refractivity contribution is -0.126. The molecule has 172 valence electrons. The molecule has 2 amide bonds. The Kier molecular flexibility index (Phi) is 7.10. The zero-order valence-electron chi connectivity index (χ0n) is 17.9. The van der Waals surface area contributed by atoms with E-state index >= 15 is 0 Å². The van der Waals surface area contributed by atoms with Crippen LogP contribution in [0.15, 0.2) is 76.3 Å². The lowest BCUT2D eigenvalue weighted by Gasteiger charge is -2.31. The molecule has 1 fully saturated rings. The number of benzene rings is 2. The van der Waals surface area contributed by atoms with Crippen molar-refractivity contribution in [2.24, 2.45) is 5.92 Å². The van der Waals surface area contributed by atoms with Gasteiger partial charge in [-0.2, -0.15) is 0 Å². The maximum atomic E-state index is 12.9. The van der Waals surface area contributed by atoms with E-state index in [4.69, 9.17) is 0 Å². The number of hydrogen-bond acceptors (Lipinski definition) is 5. The largest absolute Gasteiger partial charge is 0.352 e. The average Bonchev–Trinajstić information content (AvgIpc) is 3.39. The average molecular weight is 484 g/mol. The molecule has 0 atom stereocenters. The number of nitrogens with zero attached hydrogens (tertiary/aromatic N) is 1. The Labute approximate surface area is 197 Å². The third-order valence-corrected chi connectivity index (χ3v) is 8.39.